The minimum atomic E-state index is -0.0356. The standard InChI is InChI=1S/C12H19N3O/c1-10(11-6-3-5-9-14-11)15-12(16)7-2-4-8-13/h3,5-6,9-10H,2,4,7-8,13H2,1H3,(H,15,16). The van der Waals surface area contributed by atoms with Crippen LogP contribution in [0.1, 0.15) is 37.9 Å². The van der Waals surface area contributed by atoms with E-state index >= 15 is 0 Å². The Bertz CT molecular complexity index is 313. The predicted molar refractivity (Wildman–Crippen MR) is 63.7 cm³/mol. The van der Waals surface area contributed by atoms with E-state index < -0.39 is 0 Å². The summed E-state index contributed by atoms with van der Waals surface area (Å²) in [6.45, 7) is 2.58. The van der Waals surface area contributed by atoms with Gasteiger partial charge < -0.3 is 11.1 Å². The second kappa shape index (κ2) is 6.95. The third-order valence-corrected chi connectivity index (χ3v) is 2.37. The first-order chi connectivity index (χ1) is 7.74. The monoisotopic (exact) mass is 221 g/mol. The fourth-order valence-electron chi connectivity index (χ4n) is 1.45. The van der Waals surface area contributed by atoms with Gasteiger partial charge in [-0.05, 0) is 38.4 Å². The third-order valence-electron chi connectivity index (χ3n) is 2.37. The molecule has 1 atom stereocenters. The van der Waals surface area contributed by atoms with Gasteiger partial charge in [0.2, 0.25) is 5.91 Å². The number of nitrogens with one attached hydrogen (secondary N) is 1. The molecule has 0 saturated heterocycles. The van der Waals surface area contributed by atoms with Crippen LogP contribution in [0.15, 0.2) is 24.4 Å². The molecule has 1 heterocycles. The number of nitrogens with zero attached hydrogens (tertiary/aromatic N) is 1. The van der Waals surface area contributed by atoms with Gasteiger partial charge in [-0.25, -0.2) is 0 Å². The molecular formula is C12H19N3O. The summed E-state index contributed by atoms with van der Waals surface area (Å²) >= 11 is 0. The fraction of sp³-hybridized carbons (Fsp3) is 0.500. The van der Waals surface area contributed by atoms with Crippen molar-refractivity contribution in [3.63, 3.8) is 0 Å². The molecule has 0 aliphatic heterocycles. The van der Waals surface area contributed by atoms with Crippen LogP contribution in [-0.4, -0.2) is 17.4 Å². The summed E-state index contributed by atoms with van der Waals surface area (Å²) in [5.74, 6) is 0.0617. The van der Waals surface area contributed by atoms with Gasteiger partial charge in [0.1, 0.15) is 0 Å². The summed E-state index contributed by atoms with van der Waals surface area (Å²) in [5, 5.41) is 2.91. The molecular weight excluding hydrogens is 202 g/mol. The normalized spacial score (nSPS) is 12.1. The highest BCUT2D eigenvalue weighted by Crippen LogP contribution is 2.08. The summed E-state index contributed by atoms with van der Waals surface area (Å²) in [7, 11) is 0. The summed E-state index contributed by atoms with van der Waals surface area (Å²) in [5.41, 5.74) is 6.25. The zero-order valence-electron chi connectivity index (χ0n) is 9.65. The Hall–Kier alpha value is -1.42. The van der Waals surface area contributed by atoms with Crippen LogP contribution >= 0.6 is 0 Å². The van der Waals surface area contributed by atoms with Gasteiger partial charge in [0, 0.05) is 12.6 Å². The second-order valence-electron chi connectivity index (χ2n) is 3.79. The number of nitrogens with two attached hydrogens (primary N) is 1. The molecule has 3 N–H and O–H groups in total. The van der Waals surface area contributed by atoms with Crippen LogP contribution in [0.4, 0.5) is 0 Å². The average molecular weight is 221 g/mol. The van der Waals surface area contributed by atoms with Crippen LogP contribution in [-0.2, 0) is 4.79 Å². The van der Waals surface area contributed by atoms with Crippen molar-refractivity contribution < 1.29 is 4.79 Å². The molecule has 1 amide bonds. The van der Waals surface area contributed by atoms with Crippen LogP contribution in [0.5, 0.6) is 0 Å². The molecule has 1 aromatic rings. The van der Waals surface area contributed by atoms with E-state index in [1.165, 1.54) is 0 Å². The van der Waals surface area contributed by atoms with Gasteiger partial charge in [-0.15, -0.1) is 0 Å². The first-order valence-electron chi connectivity index (χ1n) is 5.64. The maximum atomic E-state index is 11.5. The Labute approximate surface area is 96.3 Å². The Morgan fingerprint density at radius 3 is 2.94 bits per heavy atom. The number of rotatable bonds is 6. The summed E-state index contributed by atoms with van der Waals surface area (Å²) in [6, 6.07) is 5.65. The summed E-state index contributed by atoms with van der Waals surface area (Å²) in [6.07, 6.45) is 4.00. The van der Waals surface area contributed by atoms with E-state index in [1.54, 1.807) is 6.20 Å². The largest absolute Gasteiger partial charge is 0.348 e. The maximum absolute atomic E-state index is 11.5. The van der Waals surface area contributed by atoms with E-state index in [-0.39, 0.29) is 11.9 Å². The lowest BCUT2D eigenvalue weighted by molar-refractivity contribution is -0.121. The number of carbonyl (C=O) groups is 1. The first-order valence-corrected chi connectivity index (χ1v) is 5.64. The van der Waals surface area contributed by atoms with Crippen LogP contribution < -0.4 is 11.1 Å². The topological polar surface area (TPSA) is 68.0 Å². The number of unbranched alkanes of at least 4 members (excludes halogenated alkanes) is 1. The van der Waals surface area contributed by atoms with Gasteiger partial charge in [0.25, 0.3) is 0 Å². The van der Waals surface area contributed by atoms with Gasteiger partial charge >= 0.3 is 0 Å². The lowest BCUT2D eigenvalue weighted by atomic mass is 10.2. The molecule has 0 aliphatic carbocycles. The van der Waals surface area contributed by atoms with E-state index in [0.717, 1.165) is 18.5 Å². The van der Waals surface area contributed by atoms with Crippen molar-refractivity contribution in [2.45, 2.75) is 32.2 Å². The highest BCUT2D eigenvalue weighted by Gasteiger charge is 2.09. The van der Waals surface area contributed by atoms with Crippen LogP contribution in [0, 0.1) is 0 Å². The van der Waals surface area contributed by atoms with Crippen LogP contribution in [0.25, 0.3) is 0 Å². The predicted octanol–water partition coefficient (Wildman–Crippen LogP) is 1.39. The van der Waals surface area contributed by atoms with E-state index in [4.69, 9.17) is 5.73 Å². The molecule has 16 heavy (non-hydrogen) atoms. The SMILES string of the molecule is CC(NC(=O)CCCCN)c1ccccn1. The number of hydrogen-bond donors (Lipinski definition) is 2. The van der Waals surface area contributed by atoms with Crippen molar-refractivity contribution in [1.29, 1.82) is 0 Å². The van der Waals surface area contributed by atoms with E-state index in [0.29, 0.717) is 13.0 Å². The number of carbonyl (C=O) groups excluding carboxylic acids is 1. The smallest absolute Gasteiger partial charge is 0.220 e. The molecule has 1 rings (SSSR count). The highest BCUT2D eigenvalue weighted by molar-refractivity contribution is 5.76. The lowest BCUT2D eigenvalue weighted by Gasteiger charge is -2.12. The van der Waals surface area contributed by atoms with E-state index in [9.17, 15) is 4.79 Å². The molecule has 0 aromatic carbocycles. The molecule has 4 heteroatoms. The van der Waals surface area contributed by atoms with Gasteiger partial charge in [0.05, 0.1) is 11.7 Å². The Balaban J connectivity index is 2.34. The summed E-state index contributed by atoms with van der Waals surface area (Å²) < 4.78 is 0. The maximum Gasteiger partial charge on any atom is 0.220 e. The molecule has 1 aromatic heterocycles. The zero-order chi connectivity index (χ0) is 11.8. The zero-order valence-corrected chi connectivity index (χ0v) is 9.65. The average Bonchev–Trinajstić information content (AvgIpc) is 2.30. The number of hydrogen-bond acceptors (Lipinski definition) is 3. The molecule has 0 saturated carbocycles. The van der Waals surface area contributed by atoms with Crippen molar-refractivity contribution in [2.75, 3.05) is 6.54 Å². The lowest BCUT2D eigenvalue weighted by Crippen LogP contribution is -2.26. The Morgan fingerprint density at radius 1 is 1.50 bits per heavy atom. The van der Waals surface area contributed by atoms with Crippen molar-refractivity contribution in [1.82, 2.24) is 10.3 Å². The Morgan fingerprint density at radius 2 is 2.31 bits per heavy atom. The molecule has 0 fully saturated rings. The molecule has 4 nitrogen and oxygen atoms in total. The van der Waals surface area contributed by atoms with Crippen molar-refractivity contribution >= 4 is 5.91 Å². The van der Waals surface area contributed by atoms with Crippen molar-refractivity contribution in [3.8, 4) is 0 Å². The molecule has 0 bridgehead atoms. The van der Waals surface area contributed by atoms with Gasteiger partial charge in [0.15, 0.2) is 0 Å². The number of aromatic nitrogens is 1. The number of pyridine rings is 1. The van der Waals surface area contributed by atoms with E-state index in [1.807, 2.05) is 25.1 Å². The van der Waals surface area contributed by atoms with E-state index in [2.05, 4.69) is 10.3 Å². The second-order valence-corrected chi connectivity index (χ2v) is 3.79. The molecule has 0 aliphatic rings. The third kappa shape index (κ3) is 4.40. The quantitative estimate of drug-likeness (QED) is 0.713. The molecule has 1 unspecified atom stereocenters. The van der Waals surface area contributed by atoms with Crippen LogP contribution in [0.2, 0.25) is 0 Å². The fourth-order valence-corrected chi connectivity index (χ4v) is 1.45. The Kier molecular flexibility index (Phi) is 5.50. The van der Waals surface area contributed by atoms with Gasteiger partial charge in [-0.1, -0.05) is 6.07 Å². The van der Waals surface area contributed by atoms with Crippen molar-refractivity contribution in [2.24, 2.45) is 5.73 Å². The first kappa shape index (κ1) is 12.6. The van der Waals surface area contributed by atoms with Crippen molar-refractivity contribution in [3.05, 3.63) is 30.1 Å². The van der Waals surface area contributed by atoms with Crippen LogP contribution in [0.3, 0.4) is 0 Å². The molecule has 88 valence electrons. The molecule has 0 radical (unpaired) electrons. The number of amides is 1. The van der Waals surface area contributed by atoms with Gasteiger partial charge in [-0.2, -0.15) is 0 Å². The van der Waals surface area contributed by atoms with Gasteiger partial charge in [-0.3, -0.25) is 9.78 Å². The summed E-state index contributed by atoms with van der Waals surface area (Å²) in [4.78, 5) is 15.7. The minimum Gasteiger partial charge on any atom is -0.348 e. The minimum absolute atomic E-state index is 0.0356. The molecule has 0 spiro atoms. The highest BCUT2D eigenvalue weighted by atomic mass is 16.1.